The number of methoxy groups -OCH3 is 1. The second-order valence-corrected chi connectivity index (χ2v) is 5.83. The molecule has 3 aromatic carbocycles. The first kappa shape index (κ1) is 17.5. The molecule has 1 amide bonds. The minimum atomic E-state index is -0.930. The van der Waals surface area contributed by atoms with Crippen LogP contribution in [0.1, 0.15) is 17.3 Å². The standard InChI is InChI=1S/C21H19NO4/c1-14(20(23)22-18-8-5-9-19(13-18)25-2)26-21(24)17-11-10-15-6-3-4-7-16(15)12-17/h3-14H,1-2H3,(H,22,23)/t14-/m0/s1. The van der Waals surface area contributed by atoms with Crippen LogP contribution in [-0.2, 0) is 9.53 Å². The maximum absolute atomic E-state index is 12.3. The summed E-state index contributed by atoms with van der Waals surface area (Å²) in [5.41, 5.74) is 0.979. The van der Waals surface area contributed by atoms with Gasteiger partial charge < -0.3 is 14.8 Å². The first-order valence-corrected chi connectivity index (χ1v) is 8.21. The highest BCUT2D eigenvalue weighted by molar-refractivity contribution is 5.99. The summed E-state index contributed by atoms with van der Waals surface area (Å²) < 4.78 is 10.4. The molecule has 5 heteroatoms. The summed E-state index contributed by atoms with van der Waals surface area (Å²) in [5, 5.41) is 4.68. The summed E-state index contributed by atoms with van der Waals surface area (Å²) in [5.74, 6) is -0.319. The van der Waals surface area contributed by atoms with Gasteiger partial charge in [-0.2, -0.15) is 0 Å². The van der Waals surface area contributed by atoms with Gasteiger partial charge in [0.15, 0.2) is 6.10 Å². The second-order valence-electron chi connectivity index (χ2n) is 5.83. The number of rotatable bonds is 5. The van der Waals surface area contributed by atoms with Crippen LogP contribution in [0.25, 0.3) is 10.8 Å². The number of amides is 1. The fourth-order valence-electron chi connectivity index (χ4n) is 2.54. The van der Waals surface area contributed by atoms with E-state index >= 15 is 0 Å². The number of ether oxygens (including phenoxy) is 2. The van der Waals surface area contributed by atoms with E-state index < -0.39 is 18.0 Å². The Morgan fingerprint density at radius 3 is 2.46 bits per heavy atom. The second kappa shape index (κ2) is 7.70. The number of benzene rings is 3. The van der Waals surface area contributed by atoms with Crippen molar-refractivity contribution in [3.05, 3.63) is 72.3 Å². The molecule has 0 aliphatic heterocycles. The fraction of sp³-hybridized carbons (Fsp3) is 0.143. The molecule has 26 heavy (non-hydrogen) atoms. The Labute approximate surface area is 151 Å². The van der Waals surface area contributed by atoms with Gasteiger partial charge in [0.05, 0.1) is 12.7 Å². The van der Waals surface area contributed by atoms with Gasteiger partial charge in [0.25, 0.3) is 5.91 Å². The summed E-state index contributed by atoms with van der Waals surface area (Å²) in [4.78, 5) is 24.6. The third-order valence-corrected chi connectivity index (χ3v) is 3.98. The lowest BCUT2D eigenvalue weighted by Crippen LogP contribution is -2.30. The van der Waals surface area contributed by atoms with Crippen LogP contribution in [0, 0.1) is 0 Å². The predicted molar refractivity (Wildman–Crippen MR) is 100 cm³/mol. The minimum Gasteiger partial charge on any atom is -0.497 e. The Bertz CT molecular complexity index is 951. The third kappa shape index (κ3) is 4.00. The average molecular weight is 349 g/mol. The highest BCUT2D eigenvalue weighted by Gasteiger charge is 2.19. The smallest absolute Gasteiger partial charge is 0.338 e. The van der Waals surface area contributed by atoms with E-state index in [0.717, 1.165) is 10.8 Å². The highest BCUT2D eigenvalue weighted by atomic mass is 16.5. The van der Waals surface area contributed by atoms with Gasteiger partial charge in [-0.3, -0.25) is 4.79 Å². The van der Waals surface area contributed by atoms with E-state index in [1.807, 2.05) is 30.3 Å². The summed E-state index contributed by atoms with van der Waals surface area (Å²) >= 11 is 0. The number of hydrogen-bond acceptors (Lipinski definition) is 4. The van der Waals surface area contributed by atoms with Crippen LogP contribution >= 0.6 is 0 Å². The molecule has 0 unspecified atom stereocenters. The maximum Gasteiger partial charge on any atom is 0.338 e. The molecule has 0 fully saturated rings. The van der Waals surface area contributed by atoms with Crippen molar-refractivity contribution in [1.82, 2.24) is 0 Å². The highest BCUT2D eigenvalue weighted by Crippen LogP contribution is 2.18. The number of hydrogen-bond donors (Lipinski definition) is 1. The van der Waals surface area contributed by atoms with Crippen molar-refractivity contribution in [1.29, 1.82) is 0 Å². The largest absolute Gasteiger partial charge is 0.497 e. The van der Waals surface area contributed by atoms with Crippen molar-refractivity contribution in [2.45, 2.75) is 13.0 Å². The van der Waals surface area contributed by atoms with Gasteiger partial charge in [0.1, 0.15) is 5.75 Å². The molecule has 0 saturated heterocycles. The van der Waals surface area contributed by atoms with Crippen molar-refractivity contribution in [2.75, 3.05) is 12.4 Å². The molecule has 1 N–H and O–H groups in total. The monoisotopic (exact) mass is 349 g/mol. The number of anilines is 1. The molecule has 0 heterocycles. The van der Waals surface area contributed by atoms with Crippen molar-refractivity contribution in [3.8, 4) is 5.75 Å². The molecule has 0 aliphatic carbocycles. The zero-order valence-electron chi connectivity index (χ0n) is 14.6. The lowest BCUT2D eigenvalue weighted by atomic mass is 10.1. The van der Waals surface area contributed by atoms with Gasteiger partial charge >= 0.3 is 5.97 Å². The van der Waals surface area contributed by atoms with Crippen molar-refractivity contribution in [2.24, 2.45) is 0 Å². The van der Waals surface area contributed by atoms with Gasteiger partial charge in [-0.25, -0.2) is 4.79 Å². The van der Waals surface area contributed by atoms with Gasteiger partial charge in [0.2, 0.25) is 0 Å². The van der Waals surface area contributed by atoms with Crippen LogP contribution in [-0.4, -0.2) is 25.1 Å². The minimum absolute atomic E-state index is 0.407. The van der Waals surface area contributed by atoms with Gasteiger partial charge in [-0.1, -0.05) is 36.4 Å². The van der Waals surface area contributed by atoms with E-state index in [4.69, 9.17) is 9.47 Å². The zero-order valence-corrected chi connectivity index (χ0v) is 14.6. The van der Waals surface area contributed by atoms with E-state index in [2.05, 4.69) is 5.32 Å². The molecule has 0 spiro atoms. The molecule has 0 bridgehead atoms. The van der Waals surface area contributed by atoms with Gasteiger partial charge in [-0.05, 0) is 42.0 Å². The average Bonchev–Trinajstić information content (AvgIpc) is 2.67. The molecule has 3 rings (SSSR count). The Kier molecular flexibility index (Phi) is 5.17. The van der Waals surface area contributed by atoms with Crippen LogP contribution < -0.4 is 10.1 Å². The van der Waals surface area contributed by atoms with E-state index in [1.165, 1.54) is 6.92 Å². The van der Waals surface area contributed by atoms with E-state index in [-0.39, 0.29) is 0 Å². The number of esters is 1. The molecule has 132 valence electrons. The van der Waals surface area contributed by atoms with E-state index in [1.54, 1.807) is 43.5 Å². The van der Waals surface area contributed by atoms with Crippen LogP contribution in [0.3, 0.4) is 0 Å². The molecule has 0 radical (unpaired) electrons. The van der Waals surface area contributed by atoms with Gasteiger partial charge in [0, 0.05) is 11.8 Å². The summed E-state index contributed by atoms with van der Waals surface area (Å²) in [6.07, 6.45) is -0.930. The molecule has 5 nitrogen and oxygen atoms in total. The molecule has 3 aromatic rings. The molecular weight excluding hydrogens is 330 g/mol. The number of nitrogens with one attached hydrogen (secondary N) is 1. The predicted octanol–water partition coefficient (Wildman–Crippen LogP) is 4.03. The van der Waals surface area contributed by atoms with Crippen LogP contribution in [0.2, 0.25) is 0 Å². The summed E-state index contributed by atoms with van der Waals surface area (Å²) in [6, 6.07) is 20.0. The normalized spacial score (nSPS) is 11.6. The molecule has 0 aliphatic rings. The van der Waals surface area contributed by atoms with Crippen LogP contribution in [0.15, 0.2) is 66.7 Å². The molecule has 0 aromatic heterocycles. The topological polar surface area (TPSA) is 64.6 Å². The maximum atomic E-state index is 12.3. The summed E-state index contributed by atoms with van der Waals surface area (Å²) in [6.45, 7) is 1.54. The van der Waals surface area contributed by atoms with Gasteiger partial charge in [-0.15, -0.1) is 0 Å². The van der Waals surface area contributed by atoms with Crippen LogP contribution in [0.5, 0.6) is 5.75 Å². The quantitative estimate of drug-likeness (QED) is 0.706. The number of fused-ring (bicyclic) bond motifs is 1. The van der Waals surface area contributed by atoms with Crippen LogP contribution in [0.4, 0.5) is 5.69 Å². The Morgan fingerprint density at radius 1 is 0.923 bits per heavy atom. The van der Waals surface area contributed by atoms with Crippen molar-refractivity contribution >= 4 is 28.3 Å². The Hall–Kier alpha value is -3.34. The van der Waals surface area contributed by atoms with E-state index in [9.17, 15) is 9.59 Å². The molecular formula is C21H19NO4. The number of carbonyl (C=O) groups is 2. The Morgan fingerprint density at radius 2 is 1.69 bits per heavy atom. The first-order valence-electron chi connectivity index (χ1n) is 8.21. The SMILES string of the molecule is COc1cccc(NC(=O)[C@H](C)OC(=O)c2ccc3ccccc3c2)c1. The molecule has 1 atom stereocenters. The Balaban J connectivity index is 1.66. The van der Waals surface area contributed by atoms with E-state index in [0.29, 0.717) is 17.0 Å². The first-order chi connectivity index (χ1) is 12.6. The number of carbonyl (C=O) groups excluding carboxylic acids is 2. The fourth-order valence-corrected chi connectivity index (χ4v) is 2.54. The lowest BCUT2D eigenvalue weighted by Gasteiger charge is -2.14. The van der Waals surface area contributed by atoms with Crippen molar-refractivity contribution in [3.63, 3.8) is 0 Å². The molecule has 0 saturated carbocycles. The lowest BCUT2D eigenvalue weighted by molar-refractivity contribution is -0.123. The third-order valence-electron chi connectivity index (χ3n) is 3.98. The zero-order chi connectivity index (χ0) is 18.5. The summed E-state index contributed by atoms with van der Waals surface area (Å²) in [7, 11) is 1.55. The van der Waals surface area contributed by atoms with Crippen molar-refractivity contribution < 1.29 is 19.1 Å².